The Morgan fingerprint density at radius 2 is 1.70 bits per heavy atom. The van der Waals surface area contributed by atoms with E-state index in [4.69, 9.17) is 4.74 Å². The van der Waals surface area contributed by atoms with Crippen LogP contribution in [0.4, 0.5) is 0 Å². The number of aliphatic hydroxyl groups excluding tert-OH is 3. The first kappa shape index (κ1) is 19.4. The van der Waals surface area contributed by atoms with E-state index in [1.54, 1.807) is 0 Å². The molecule has 0 spiro atoms. The lowest BCUT2D eigenvalue weighted by atomic mass is 9.85. The number of nitrogens with one attached hydrogen (secondary N) is 1. The molecule has 0 saturated heterocycles. The number of hydrogen-bond donors (Lipinski definition) is 4. The highest BCUT2D eigenvalue weighted by Gasteiger charge is 2.30. The van der Waals surface area contributed by atoms with Gasteiger partial charge in [0.05, 0.1) is 19.8 Å². The first-order chi connectivity index (χ1) is 10.7. The van der Waals surface area contributed by atoms with Gasteiger partial charge in [-0.3, -0.25) is 4.79 Å². The molecular weight excluding hydrogens is 298 g/mol. The molecule has 0 heterocycles. The predicted octanol–water partition coefficient (Wildman–Crippen LogP) is 0.503. The Morgan fingerprint density at radius 1 is 1.13 bits per heavy atom. The van der Waals surface area contributed by atoms with Crippen LogP contribution < -0.4 is 10.1 Å². The molecule has 6 heteroatoms. The third-order valence-electron chi connectivity index (χ3n) is 3.61. The van der Waals surface area contributed by atoms with Crippen molar-refractivity contribution in [1.29, 1.82) is 0 Å². The Bertz CT molecular complexity index is 524. The van der Waals surface area contributed by atoms with Crippen molar-refractivity contribution in [3.8, 4) is 5.75 Å². The van der Waals surface area contributed by atoms with Gasteiger partial charge in [-0.15, -0.1) is 0 Å². The summed E-state index contributed by atoms with van der Waals surface area (Å²) in [4.78, 5) is 12.0. The van der Waals surface area contributed by atoms with Gasteiger partial charge in [-0.2, -0.15) is 0 Å². The highest BCUT2D eigenvalue weighted by molar-refractivity contribution is 5.78. The van der Waals surface area contributed by atoms with Crippen molar-refractivity contribution in [3.05, 3.63) is 29.3 Å². The molecule has 0 aliphatic carbocycles. The zero-order valence-electron chi connectivity index (χ0n) is 14.2. The summed E-state index contributed by atoms with van der Waals surface area (Å²) < 4.78 is 5.60. The molecule has 0 aliphatic heterocycles. The zero-order chi connectivity index (χ0) is 17.7. The second-order valence-corrected chi connectivity index (χ2v) is 6.84. The standard InChI is InChI=1S/C17H27NO5/c1-12-5-6-14(13(7-12)16(2,3)4)23-8-15(22)18-17(9-19,10-20)11-21/h5-7,19-21H,8-11H2,1-4H3,(H,18,22). The monoisotopic (exact) mass is 325 g/mol. The molecule has 1 aromatic rings. The molecule has 4 N–H and O–H groups in total. The van der Waals surface area contributed by atoms with Gasteiger partial charge < -0.3 is 25.4 Å². The molecule has 0 atom stereocenters. The number of amides is 1. The summed E-state index contributed by atoms with van der Waals surface area (Å²) in [7, 11) is 0. The van der Waals surface area contributed by atoms with Gasteiger partial charge in [-0.1, -0.05) is 38.5 Å². The van der Waals surface area contributed by atoms with Crippen molar-refractivity contribution in [2.24, 2.45) is 0 Å². The summed E-state index contributed by atoms with van der Waals surface area (Å²) in [5.74, 6) is 0.0865. The van der Waals surface area contributed by atoms with Crippen LogP contribution in [0.15, 0.2) is 18.2 Å². The largest absolute Gasteiger partial charge is 0.483 e. The minimum atomic E-state index is -1.44. The molecule has 0 unspecified atom stereocenters. The van der Waals surface area contributed by atoms with Crippen molar-refractivity contribution < 1.29 is 24.9 Å². The van der Waals surface area contributed by atoms with Crippen LogP contribution in [-0.4, -0.2) is 53.2 Å². The van der Waals surface area contributed by atoms with Crippen LogP contribution >= 0.6 is 0 Å². The van der Waals surface area contributed by atoms with E-state index >= 15 is 0 Å². The van der Waals surface area contributed by atoms with Crippen LogP contribution in [0.25, 0.3) is 0 Å². The number of carbonyl (C=O) groups excluding carboxylic acids is 1. The topological polar surface area (TPSA) is 99.0 Å². The zero-order valence-corrected chi connectivity index (χ0v) is 14.2. The van der Waals surface area contributed by atoms with E-state index in [1.807, 2.05) is 25.1 Å². The Hall–Kier alpha value is -1.63. The molecular formula is C17H27NO5. The van der Waals surface area contributed by atoms with E-state index in [-0.39, 0.29) is 12.0 Å². The van der Waals surface area contributed by atoms with E-state index in [0.717, 1.165) is 11.1 Å². The minimum absolute atomic E-state index is 0.136. The molecule has 1 rings (SSSR count). The van der Waals surface area contributed by atoms with Crippen LogP contribution in [0, 0.1) is 6.92 Å². The van der Waals surface area contributed by atoms with Crippen molar-refractivity contribution >= 4 is 5.91 Å². The molecule has 0 radical (unpaired) electrons. The van der Waals surface area contributed by atoms with E-state index in [2.05, 4.69) is 26.1 Å². The lowest BCUT2D eigenvalue weighted by molar-refractivity contribution is -0.127. The van der Waals surface area contributed by atoms with Gasteiger partial charge in [0, 0.05) is 0 Å². The van der Waals surface area contributed by atoms with E-state index in [9.17, 15) is 20.1 Å². The Kier molecular flexibility index (Phi) is 6.56. The van der Waals surface area contributed by atoms with Crippen LogP contribution in [0.1, 0.15) is 31.9 Å². The molecule has 1 aromatic carbocycles. The molecule has 6 nitrogen and oxygen atoms in total. The SMILES string of the molecule is Cc1ccc(OCC(=O)NC(CO)(CO)CO)c(C(C)(C)C)c1. The van der Waals surface area contributed by atoms with E-state index in [0.29, 0.717) is 5.75 Å². The fourth-order valence-corrected chi connectivity index (χ4v) is 2.10. The van der Waals surface area contributed by atoms with Gasteiger partial charge in [-0.05, 0) is 24.0 Å². The number of benzene rings is 1. The maximum atomic E-state index is 12.0. The van der Waals surface area contributed by atoms with Gasteiger partial charge in [0.25, 0.3) is 5.91 Å². The van der Waals surface area contributed by atoms with Gasteiger partial charge in [0.1, 0.15) is 11.3 Å². The van der Waals surface area contributed by atoms with Crippen molar-refractivity contribution in [2.45, 2.75) is 38.6 Å². The minimum Gasteiger partial charge on any atom is -0.483 e. The predicted molar refractivity (Wildman–Crippen MR) is 87.5 cm³/mol. The number of carbonyl (C=O) groups is 1. The van der Waals surface area contributed by atoms with Crippen molar-refractivity contribution in [1.82, 2.24) is 5.32 Å². The first-order valence-corrected chi connectivity index (χ1v) is 7.55. The average molecular weight is 325 g/mol. The third-order valence-corrected chi connectivity index (χ3v) is 3.61. The molecule has 0 fully saturated rings. The summed E-state index contributed by atoms with van der Waals surface area (Å²) >= 11 is 0. The molecule has 0 aromatic heterocycles. The maximum absolute atomic E-state index is 12.0. The van der Waals surface area contributed by atoms with Crippen LogP contribution in [0.5, 0.6) is 5.75 Å². The second kappa shape index (κ2) is 7.77. The summed E-state index contributed by atoms with van der Waals surface area (Å²) in [6.45, 7) is 6.20. The normalized spacial score (nSPS) is 12.1. The van der Waals surface area contributed by atoms with Crippen LogP contribution in [0.3, 0.4) is 0 Å². The number of aryl methyl sites for hydroxylation is 1. The quantitative estimate of drug-likeness (QED) is 0.585. The Balaban J connectivity index is 2.81. The lowest BCUT2D eigenvalue weighted by Crippen LogP contribution is -2.58. The number of hydrogen-bond acceptors (Lipinski definition) is 5. The number of ether oxygens (including phenoxy) is 1. The first-order valence-electron chi connectivity index (χ1n) is 7.55. The molecule has 1 amide bonds. The molecule has 0 saturated carbocycles. The second-order valence-electron chi connectivity index (χ2n) is 6.84. The number of aliphatic hydroxyl groups is 3. The Morgan fingerprint density at radius 3 is 2.17 bits per heavy atom. The summed E-state index contributed by atoms with van der Waals surface area (Å²) in [6.07, 6.45) is 0. The average Bonchev–Trinajstić information content (AvgIpc) is 2.50. The van der Waals surface area contributed by atoms with Gasteiger partial charge >= 0.3 is 0 Å². The molecule has 23 heavy (non-hydrogen) atoms. The van der Waals surface area contributed by atoms with Gasteiger partial charge in [0.15, 0.2) is 6.61 Å². The van der Waals surface area contributed by atoms with E-state index < -0.39 is 31.3 Å². The van der Waals surface area contributed by atoms with Crippen LogP contribution in [0.2, 0.25) is 0 Å². The molecule has 0 bridgehead atoms. The smallest absolute Gasteiger partial charge is 0.258 e. The lowest BCUT2D eigenvalue weighted by Gasteiger charge is -2.29. The highest BCUT2D eigenvalue weighted by Crippen LogP contribution is 2.32. The maximum Gasteiger partial charge on any atom is 0.258 e. The highest BCUT2D eigenvalue weighted by atomic mass is 16.5. The van der Waals surface area contributed by atoms with Gasteiger partial charge in [0.2, 0.25) is 0 Å². The summed E-state index contributed by atoms with van der Waals surface area (Å²) in [5, 5.41) is 30.1. The van der Waals surface area contributed by atoms with Crippen LogP contribution in [-0.2, 0) is 10.2 Å². The van der Waals surface area contributed by atoms with Gasteiger partial charge in [-0.25, -0.2) is 0 Å². The number of rotatable bonds is 7. The van der Waals surface area contributed by atoms with Crippen molar-refractivity contribution in [2.75, 3.05) is 26.4 Å². The summed E-state index contributed by atoms with van der Waals surface area (Å²) in [6, 6.07) is 5.75. The fraction of sp³-hybridized carbons (Fsp3) is 0.588. The third kappa shape index (κ3) is 5.20. The summed E-state index contributed by atoms with van der Waals surface area (Å²) in [5.41, 5.74) is 0.512. The molecule has 0 aliphatic rings. The Labute approximate surface area is 137 Å². The fourth-order valence-electron chi connectivity index (χ4n) is 2.10. The van der Waals surface area contributed by atoms with Crippen molar-refractivity contribution in [3.63, 3.8) is 0 Å². The van der Waals surface area contributed by atoms with E-state index in [1.165, 1.54) is 0 Å². The molecule has 130 valence electrons.